The number of esters is 1. The third-order valence-electron chi connectivity index (χ3n) is 2.01. The molecule has 5 nitrogen and oxygen atoms in total. The first-order valence-corrected chi connectivity index (χ1v) is 5.52. The first-order valence-electron chi connectivity index (χ1n) is 4.73. The lowest BCUT2D eigenvalue weighted by Crippen LogP contribution is -2.25. The fourth-order valence-electron chi connectivity index (χ4n) is 1.16. The van der Waals surface area contributed by atoms with Gasteiger partial charge in [-0.1, -0.05) is 0 Å². The SMILES string of the molecule is COC(=O)C(C)Oc1ccc(Br)c(C(=O)O)c1. The Kier molecular flexibility index (Phi) is 4.51. The Morgan fingerprint density at radius 3 is 2.59 bits per heavy atom. The molecule has 0 aliphatic carbocycles. The van der Waals surface area contributed by atoms with Gasteiger partial charge in [0.05, 0.1) is 12.7 Å². The number of hydrogen-bond donors (Lipinski definition) is 1. The van der Waals surface area contributed by atoms with E-state index in [1.54, 1.807) is 12.1 Å². The highest BCUT2D eigenvalue weighted by molar-refractivity contribution is 9.10. The minimum absolute atomic E-state index is 0.0690. The van der Waals surface area contributed by atoms with Gasteiger partial charge < -0.3 is 14.6 Å². The molecule has 1 N–H and O–H groups in total. The molecule has 1 unspecified atom stereocenters. The Bertz CT molecular complexity index is 443. The Hall–Kier alpha value is -1.56. The molecule has 1 rings (SSSR count). The van der Waals surface area contributed by atoms with E-state index in [4.69, 9.17) is 9.84 Å². The van der Waals surface area contributed by atoms with Gasteiger partial charge in [-0.25, -0.2) is 9.59 Å². The van der Waals surface area contributed by atoms with Crippen LogP contribution in [-0.2, 0) is 9.53 Å². The second-order valence-electron chi connectivity index (χ2n) is 3.23. The largest absolute Gasteiger partial charge is 0.479 e. The summed E-state index contributed by atoms with van der Waals surface area (Å²) >= 11 is 3.11. The van der Waals surface area contributed by atoms with Crippen molar-refractivity contribution in [1.82, 2.24) is 0 Å². The number of carboxylic acids is 1. The van der Waals surface area contributed by atoms with Gasteiger partial charge in [-0.15, -0.1) is 0 Å². The third-order valence-corrected chi connectivity index (χ3v) is 2.71. The number of carboxylic acid groups (broad SMARTS) is 1. The summed E-state index contributed by atoms with van der Waals surface area (Å²) in [6.07, 6.45) is -0.789. The van der Waals surface area contributed by atoms with Crippen LogP contribution in [0.2, 0.25) is 0 Å². The number of rotatable bonds is 4. The van der Waals surface area contributed by atoms with Gasteiger partial charge in [-0.05, 0) is 41.1 Å². The first kappa shape index (κ1) is 13.5. The zero-order chi connectivity index (χ0) is 13.0. The normalized spacial score (nSPS) is 11.7. The van der Waals surface area contributed by atoms with Crippen LogP contribution in [-0.4, -0.2) is 30.3 Å². The van der Waals surface area contributed by atoms with E-state index in [1.165, 1.54) is 20.1 Å². The molecular formula is C11H11BrO5. The molecular weight excluding hydrogens is 292 g/mol. The fourth-order valence-corrected chi connectivity index (χ4v) is 1.58. The predicted octanol–water partition coefficient (Wildman–Crippen LogP) is 2.09. The maximum absolute atomic E-state index is 11.1. The summed E-state index contributed by atoms with van der Waals surface area (Å²) in [4.78, 5) is 22.0. The van der Waals surface area contributed by atoms with Crippen molar-refractivity contribution in [2.75, 3.05) is 7.11 Å². The molecule has 0 bridgehead atoms. The molecule has 0 amide bonds. The Morgan fingerprint density at radius 2 is 2.06 bits per heavy atom. The van der Waals surface area contributed by atoms with Gasteiger partial charge in [0, 0.05) is 4.47 Å². The maximum Gasteiger partial charge on any atom is 0.346 e. The van der Waals surface area contributed by atoms with Gasteiger partial charge in [-0.2, -0.15) is 0 Å². The molecule has 0 heterocycles. The molecule has 1 atom stereocenters. The topological polar surface area (TPSA) is 72.8 Å². The molecule has 1 aromatic rings. The summed E-state index contributed by atoms with van der Waals surface area (Å²) in [6.45, 7) is 1.52. The highest BCUT2D eigenvalue weighted by Gasteiger charge is 2.16. The number of halogens is 1. The van der Waals surface area contributed by atoms with Gasteiger partial charge in [0.25, 0.3) is 0 Å². The summed E-state index contributed by atoms with van der Waals surface area (Å²) in [5.41, 5.74) is 0.0690. The standard InChI is InChI=1S/C11H11BrO5/c1-6(11(15)16-2)17-7-3-4-9(12)8(5-7)10(13)14/h3-6H,1-2H3,(H,13,14). The fraction of sp³-hybridized carbons (Fsp3) is 0.273. The smallest absolute Gasteiger partial charge is 0.346 e. The van der Waals surface area contributed by atoms with Crippen molar-refractivity contribution in [3.8, 4) is 5.75 Å². The molecule has 1 aromatic carbocycles. The van der Waals surface area contributed by atoms with Crippen LogP contribution in [0.3, 0.4) is 0 Å². The van der Waals surface area contributed by atoms with Crippen molar-refractivity contribution < 1.29 is 24.2 Å². The molecule has 0 aliphatic rings. The lowest BCUT2D eigenvalue weighted by molar-refractivity contribution is -0.147. The predicted molar refractivity (Wildman–Crippen MR) is 63.2 cm³/mol. The summed E-state index contributed by atoms with van der Waals surface area (Å²) in [5.74, 6) is -1.30. The van der Waals surface area contributed by atoms with Crippen LogP contribution in [0.25, 0.3) is 0 Å². The highest BCUT2D eigenvalue weighted by Crippen LogP contribution is 2.23. The van der Waals surface area contributed by atoms with Crippen molar-refractivity contribution in [2.24, 2.45) is 0 Å². The number of aromatic carboxylic acids is 1. The highest BCUT2D eigenvalue weighted by atomic mass is 79.9. The lowest BCUT2D eigenvalue weighted by Gasteiger charge is -2.13. The summed E-state index contributed by atoms with van der Waals surface area (Å²) in [7, 11) is 1.26. The minimum Gasteiger partial charge on any atom is -0.479 e. The van der Waals surface area contributed by atoms with Gasteiger partial charge in [-0.3, -0.25) is 0 Å². The second kappa shape index (κ2) is 5.67. The average molecular weight is 303 g/mol. The van der Waals surface area contributed by atoms with Crippen LogP contribution < -0.4 is 4.74 Å². The number of ether oxygens (including phenoxy) is 2. The van der Waals surface area contributed by atoms with E-state index >= 15 is 0 Å². The summed E-state index contributed by atoms with van der Waals surface area (Å²) in [6, 6.07) is 4.45. The van der Waals surface area contributed by atoms with E-state index < -0.39 is 18.0 Å². The Balaban J connectivity index is 2.90. The number of hydrogen-bond acceptors (Lipinski definition) is 4. The average Bonchev–Trinajstić information content (AvgIpc) is 2.30. The van der Waals surface area contributed by atoms with E-state index in [0.717, 1.165) is 0 Å². The second-order valence-corrected chi connectivity index (χ2v) is 4.08. The molecule has 17 heavy (non-hydrogen) atoms. The number of benzene rings is 1. The minimum atomic E-state index is -1.08. The van der Waals surface area contributed by atoms with Gasteiger partial charge in [0.2, 0.25) is 0 Å². The summed E-state index contributed by atoms with van der Waals surface area (Å²) in [5, 5.41) is 8.90. The van der Waals surface area contributed by atoms with E-state index in [9.17, 15) is 9.59 Å². The van der Waals surface area contributed by atoms with Gasteiger partial charge in [0.15, 0.2) is 6.10 Å². The molecule has 6 heteroatoms. The van der Waals surface area contributed by atoms with Crippen LogP contribution in [0.5, 0.6) is 5.75 Å². The molecule has 0 spiro atoms. The van der Waals surface area contributed by atoms with Crippen molar-refractivity contribution >= 4 is 27.9 Å². The molecule has 0 saturated heterocycles. The van der Waals surface area contributed by atoms with Crippen molar-refractivity contribution in [1.29, 1.82) is 0 Å². The Morgan fingerprint density at radius 1 is 1.41 bits per heavy atom. The van der Waals surface area contributed by atoms with Crippen LogP contribution >= 0.6 is 15.9 Å². The van der Waals surface area contributed by atoms with E-state index in [-0.39, 0.29) is 5.56 Å². The zero-order valence-electron chi connectivity index (χ0n) is 9.27. The molecule has 0 saturated carbocycles. The Labute approximate surface area is 106 Å². The third kappa shape index (κ3) is 3.45. The van der Waals surface area contributed by atoms with E-state index in [2.05, 4.69) is 20.7 Å². The number of carbonyl (C=O) groups excluding carboxylic acids is 1. The molecule has 0 fully saturated rings. The van der Waals surface area contributed by atoms with Crippen LogP contribution in [0, 0.1) is 0 Å². The summed E-state index contributed by atoms with van der Waals surface area (Å²) < 4.78 is 10.2. The molecule has 0 radical (unpaired) electrons. The maximum atomic E-state index is 11.1. The quantitative estimate of drug-likeness (QED) is 0.862. The van der Waals surface area contributed by atoms with Crippen molar-refractivity contribution in [3.05, 3.63) is 28.2 Å². The first-order chi connectivity index (χ1) is 7.95. The molecule has 0 aliphatic heterocycles. The molecule has 92 valence electrons. The van der Waals surface area contributed by atoms with Crippen LogP contribution in [0.4, 0.5) is 0 Å². The number of methoxy groups -OCH3 is 1. The van der Waals surface area contributed by atoms with Crippen LogP contribution in [0.1, 0.15) is 17.3 Å². The van der Waals surface area contributed by atoms with Crippen LogP contribution in [0.15, 0.2) is 22.7 Å². The van der Waals surface area contributed by atoms with Crippen molar-refractivity contribution in [2.45, 2.75) is 13.0 Å². The monoisotopic (exact) mass is 302 g/mol. The zero-order valence-corrected chi connectivity index (χ0v) is 10.9. The van der Waals surface area contributed by atoms with Crippen molar-refractivity contribution in [3.63, 3.8) is 0 Å². The lowest BCUT2D eigenvalue weighted by atomic mass is 10.2. The van der Waals surface area contributed by atoms with E-state index in [0.29, 0.717) is 10.2 Å². The van der Waals surface area contributed by atoms with E-state index in [1.807, 2.05) is 0 Å². The number of carbonyl (C=O) groups is 2. The molecule has 0 aromatic heterocycles. The van der Waals surface area contributed by atoms with Gasteiger partial charge >= 0.3 is 11.9 Å². The van der Waals surface area contributed by atoms with Gasteiger partial charge in [0.1, 0.15) is 5.75 Å².